The lowest BCUT2D eigenvalue weighted by Crippen LogP contribution is -2.05. The van der Waals surface area contributed by atoms with Crippen LogP contribution in [-0.4, -0.2) is 22.3 Å². The smallest absolute Gasteiger partial charge is 0.303 e. The summed E-state index contributed by atoms with van der Waals surface area (Å²) in [6.45, 7) is 2.29. The summed E-state index contributed by atoms with van der Waals surface area (Å²) in [6, 6.07) is 0. The Labute approximate surface area is 207 Å². The van der Waals surface area contributed by atoms with Crippen molar-refractivity contribution in [1.82, 2.24) is 0 Å². The van der Waals surface area contributed by atoms with Gasteiger partial charge in [-0.15, -0.1) is 0 Å². The maximum absolute atomic E-state index is 10.4. The molecule has 3 nitrogen and oxygen atoms in total. The molecule has 0 heterocycles. The first kappa shape index (κ1) is 32.4. The van der Waals surface area contributed by atoms with Crippen molar-refractivity contribution in [3.8, 4) is 0 Å². The fourth-order valence-corrected chi connectivity index (χ4v) is 4.79. The van der Waals surface area contributed by atoms with E-state index in [9.17, 15) is 9.90 Å². The van der Waals surface area contributed by atoms with Crippen LogP contribution in [0.3, 0.4) is 0 Å². The molecule has 33 heavy (non-hydrogen) atoms. The molecule has 0 amide bonds. The van der Waals surface area contributed by atoms with E-state index in [1.165, 1.54) is 128 Å². The molecule has 0 aliphatic heterocycles. The number of aliphatic hydroxyl groups excluding tert-OH is 1. The summed E-state index contributed by atoms with van der Waals surface area (Å²) in [4.78, 5) is 10.4. The lowest BCUT2D eigenvalue weighted by Gasteiger charge is -2.10. The van der Waals surface area contributed by atoms with E-state index >= 15 is 0 Å². The first-order valence-corrected chi connectivity index (χ1v) is 15.1. The largest absolute Gasteiger partial charge is 0.481 e. The number of hydrogen-bond acceptors (Lipinski definition) is 2. The minimum Gasteiger partial charge on any atom is -0.481 e. The molecule has 0 saturated carbocycles. The highest BCUT2D eigenvalue weighted by Gasteiger charge is 2.04. The van der Waals surface area contributed by atoms with Crippen molar-refractivity contribution in [2.75, 3.05) is 0 Å². The van der Waals surface area contributed by atoms with Gasteiger partial charge in [0.05, 0.1) is 6.10 Å². The molecule has 3 heteroatoms. The zero-order valence-electron chi connectivity index (χ0n) is 22.5. The first-order valence-electron chi connectivity index (χ1n) is 15.1. The number of carbonyl (C=O) groups is 1. The van der Waals surface area contributed by atoms with Gasteiger partial charge in [0.2, 0.25) is 0 Å². The van der Waals surface area contributed by atoms with Gasteiger partial charge in [0, 0.05) is 6.42 Å². The number of unbranched alkanes of at least 4 members (excludes halogenated alkanes) is 22. The molecule has 198 valence electrons. The summed E-state index contributed by atoms with van der Waals surface area (Å²) in [7, 11) is 0. The molecule has 2 N–H and O–H groups in total. The van der Waals surface area contributed by atoms with E-state index in [0.29, 0.717) is 6.42 Å². The summed E-state index contributed by atoms with van der Waals surface area (Å²) in [5, 5.41) is 18.8. The monoisotopic (exact) mass is 468 g/mol. The molecule has 0 saturated heterocycles. The van der Waals surface area contributed by atoms with Gasteiger partial charge < -0.3 is 10.2 Å². The fourth-order valence-electron chi connectivity index (χ4n) is 4.79. The summed E-state index contributed by atoms with van der Waals surface area (Å²) in [6.07, 6.45) is 33.7. The molecule has 1 atom stereocenters. The molecule has 0 fully saturated rings. The number of rotatable bonds is 28. The number of aliphatic hydroxyl groups is 1. The third-order valence-electron chi connectivity index (χ3n) is 7.07. The Morgan fingerprint density at radius 3 is 1.06 bits per heavy atom. The van der Waals surface area contributed by atoms with E-state index in [2.05, 4.69) is 6.92 Å². The molecule has 0 bridgehead atoms. The van der Waals surface area contributed by atoms with E-state index < -0.39 is 5.97 Å². The van der Waals surface area contributed by atoms with Crippen molar-refractivity contribution in [1.29, 1.82) is 0 Å². The van der Waals surface area contributed by atoms with Gasteiger partial charge in [-0.3, -0.25) is 4.79 Å². The second kappa shape index (κ2) is 27.7. The summed E-state index contributed by atoms with van der Waals surface area (Å²) in [5.41, 5.74) is 0. The molecule has 0 aromatic carbocycles. The lowest BCUT2D eigenvalue weighted by atomic mass is 10.0. The summed E-state index contributed by atoms with van der Waals surface area (Å²) >= 11 is 0. The average Bonchev–Trinajstić information content (AvgIpc) is 2.79. The van der Waals surface area contributed by atoms with Crippen molar-refractivity contribution in [3.05, 3.63) is 0 Å². The average molecular weight is 469 g/mol. The van der Waals surface area contributed by atoms with Crippen molar-refractivity contribution in [2.24, 2.45) is 0 Å². The Kier molecular flexibility index (Phi) is 27.2. The second-order valence-electron chi connectivity index (χ2n) is 10.5. The maximum Gasteiger partial charge on any atom is 0.303 e. The first-order chi connectivity index (χ1) is 16.2. The van der Waals surface area contributed by atoms with Crippen LogP contribution < -0.4 is 0 Å². The molecule has 0 aliphatic rings. The van der Waals surface area contributed by atoms with E-state index in [-0.39, 0.29) is 6.10 Å². The topological polar surface area (TPSA) is 57.5 Å². The Balaban J connectivity index is 3.14. The number of carboxylic acids is 1. The van der Waals surface area contributed by atoms with Crippen LogP contribution in [0, 0.1) is 0 Å². The molecule has 0 rings (SSSR count). The van der Waals surface area contributed by atoms with Gasteiger partial charge in [-0.2, -0.15) is 0 Å². The molecular weight excluding hydrogens is 408 g/mol. The molecular formula is C30H60O3. The van der Waals surface area contributed by atoms with E-state index in [0.717, 1.165) is 38.5 Å². The van der Waals surface area contributed by atoms with Gasteiger partial charge in [-0.05, 0) is 19.3 Å². The van der Waals surface area contributed by atoms with Gasteiger partial charge in [-0.1, -0.05) is 155 Å². The predicted molar refractivity (Wildman–Crippen MR) is 144 cm³/mol. The summed E-state index contributed by atoms with van der Waals surface area (Å²) < 4.78 is 0. The van der Waals surface area contributed by atoms with Crippen LogP contribution in [0.25, 0.3) is 0 Å². The predicted octanol–water partition coefficient (Wildman–Crippen LogP) is 9.98. The van der Waals surface area contributed by atoms with E-state index in [1.807, 2.05) is 0 Å². The highest BCUT2D eigenvalue weighted by atomic mass is 16.4. The van der Waals surface area contributed by atoms with Crippen LogP contribution >= 0.6 is 0 Å². The van der Waals surface area contributed by atoms with Crippen molar-refractivity contribution in [2.45, 2.75) is 186 Å². The van der Waals surface area contributed by atoms with Crippen molar-refractivity contribution < 1.29 is 15.0 Å². The van der Waals surface area contributed by atoms with Crippen molar-refractivity contribution in [3.63, 3.8) is 0 Å². The van der Waals surface area contributed by atoms with Crippen LogP contribution in [0.15, 0.2) is 0 Å². The molecule has 0 aromatic rings. The SMILES string of the molecule is CCCCCCCCCCCCCCCCCCCC(O)CCCCCCCCCC(=O)O. The normalized spacial score (nSPS) is 12.3. The molecule has 0 radical (unpaired) electrons. The van der Waals surface area contributed by atoms with Crippen molar-refractivity contribution >= 4 is 5.97 Å². The van der Waals surface area contributed by atoms with Gasteiger partial charge in [-0.25, -0.2) is 0 Å². The van der Waals surface area contributed by atoms with Gasteiger partial charge in [0.15, 0.2) is 0 Å². The minimum atomic E-state index is -0.677. The van der Waals surface area contributed by atoms with Gasteiger partial charge in [0.1, 0.15) is 0 Å². The number of hydrogen-bond donors (Lipinski definition) is 2. The van der Waals surface area contributed by atoms with Gasteiger partial charge >= 0.3 is 5.97 Å². The van der Waals surface area contributed by atoms with E-state index in [4.69, 9.17) is 5.11 Å². The van der Waals surface area contributed by atoms with Crippen LogP contribution in [0.4, 0.5) is 0 Å². The standard InChI is InChI=1S/C30H60O3/c1-2-3-4-5-6-7-8-9-10-11-12-13-14-15-17-20-23-26-29(31)27-24-21-18-16-19-22-25-28-30(32)33/h29,31H,2-28H2,1H3,(H,32,33). The summed E-state index contributed by atoms with van der Waals surface area (Å²) in [5.74, 6) is -0.677. The highest BCUT2D eigenvalue weighted by molar-refractivity contribution is 5.66. The molecule has 0 aromatic heterocycles. The zero-order valence-corrected chi connectivity index (χ0v) is 22.5. The molecule has 1 unspecified atom stereocenters. The maximum atomic E-state index is 10.4. The lowest BCUT2D eigenvalue weighted by molar-refractivity contribution is -0.137. The Hall–Kier alpha value is -0.570. The number of aliphatic carboxylic acids is 1. The van der Waals surface area contributed by atoms with Crippen LogP contribution in [0.1, 0.15) is 180 Å². The molecule has 0 spiro atoms. The Morgan fingerprint density at radius 2 is 0.758 bits per heavy atom. The molecule has 0 aliphatic carbocycles. The van der Waals surface area contributed by atoms with Crippen LogP contribution in [0.2, 0.25) is 0 Å². The van der Waals surface area contributed by atoms with Crippen LogP contribution in [0.5, 0.6) is 0 Å². The number of carboxylic acid groups (broad SMARTS) is 1. The third-order valence-corrected chi connectivity index (χ3v) is 7.07. The fraction of sp³-hybridized carbons (Fsp3) is 0.967. The Morgan fingerprint density at radius 1 is 0.485 bits per heavy atom. The minimum absolute atomic E-state index is 0.100. The second-order valence-corrected chi connectivity index (χ2v) is 10.5. The van der Waals surface area contributed by atoms with Gasteiger partial charge in [0.25, 0.3) is 0 Å². The van der Waals surface area contributed by atoms with E-state index in [1.54, 1.807) is 0 Å². The Bertz CT molecular complexity index is 383. The quantitative estimate of drug-likeness (QED) is 0.112. The highest BCUT2D eigenvalue weighted by Crippen LogP contribution is 2.16. The zero-order chi connectivity index (χ0) is 24.2. The third kappa shape index (κ3) is 29.4. The van der Waals surface area contributed by atoms with Crippen LogP contribution in [-0.2, 0) is 4.79 Å².